The molecule has 2 amide bonds. The van der Waals surface area contributed by atoms with Crippen molar-refractivity contribution in [3.8, 4) is 5.75 Å². The quantitative estimate of drug-likeness (QED) is 0.727. The van der Waals surface area contributed by atoms with Crippen LogP contribution in [0, 0.1) is 17.2 Å². The molecule has 5 nitrogen and oxygen atoms in total. The van der Waals surface area contributed by atoms with Crippen LogP contribution in [0.4, 0.5) is 10.1 Å². The molecule has 0 bridgehead atoms. The Balaban J connectivity index is 1.66. The number of nitrogens with one attached hydrogen (secondary N) is 2. The summed E-state index contributed by atoms with van der Waals surface area (Å²) < 4.78 is 19.5. The van der Waals surface area contributed by atoms with E-state index < -0.39 is 5.82 Å². The molecule has 1 atom stereocenters. The molecule has 1 saturated carbocycles. The van der Waals surface area contributed by atoms with Crippen molar-refractivity contribution in [2.45, 2.75) is 39.7 Å². The lowest BCUT2D eigenvalue weighted by atomic mass is 9.87. The van der Waals surface area contributed by atoms with Gasteiger partial charge in [0.15, 0.2) is 11.6 Å². The van der Waals surface area contributed by atoms with Crippen LogP contribution in [0.2, 0.25) is 0 Å². The molecule has 2 aromatic carbocycles. The second-order valence-electron chi connectivity index (χ2n) is 8.48. The Hall–Kier alpha value is -2.89. The zero-order valence-electron chi connectivity index (χ0n) is 17.0. The number of amides is 2. The van der Waals surface area contributed by atoms with Gasteiger partial charge < -0.3 is 15.4 Å². The Morgan fingerprint density at radius 1 is 1.14 bits per heavy atom. The number of hydrogen-bond donors (Lipinski definition) is 2. The average Bonchev–Trinajstić information content (AvgIpc) is 3.51. The zero-order valence-corrected chi connectivity index (χ0v) is 17.0. The number of para-hydroxylation sites is 1. The van der Waals surface area contributed by atoms with E-state index in [9.17, 15) is 14.0 Å². The largest absolute Gasteiger partial charge is 0.488 e. The molecule has 0 spiro atoms. The molecule has 6 heteroatoms. The first-order valence-corrected chi connectivity index (χ1v) is 9.83. The molecule has 0 radical (unpaired) electrons. The zero-order chi connectivity index (χ0) is 21.0. The lowest BCUT2D eigenvalue weighted by Crippen LogP contribution is -2.47. The molecule has 0 aliphatic heterocycles. The predicted octanol–water partition coefficient (Wildman–Crippen LogP) is 4.40. The molecule has 2 aromatic rings. The van der Waals surface area contributed by atoms with Gasteiger partial charge in [0.05, 0.1) is 6.04 Å². The molecule has 154 valence electrons. The highest BCUT2D eigenvalue weighted by molar-refractivity contribution is 5.98. The van der Waals surface area contributed by atoms with Crippen molar-refractivity contribution in [1.29, 1.82) is 0 Å². The summed E-state index contributed by atoms with van der Waals surface area (Å²) in [5.41, 5.74) is 0.738. The van der Waals surface area contributed by atoms with Crippen molar-refractivity contribution >= 4 is 17.5 Å². The minimum Gasteiger partial charge on any atom is -0.488 e. The minimum absolute atomic E-state index is 0.00610. The third-order valence-electron chi connectivity index (χ3n) is 4.93. The lowest BCUT2D eigenvalue weighted by molar-refractivity contribution is -0.117. The van der Waals surface area contributed by atoms with Gasteiger partial charge in [0, 0.05) is 17.2 Å². The Kier molecular flexibility index (Phi) is 6.20. The normalized spacial score (nSPS) is 14.8. The predicted molar refractivity (Wildman–Crippen MR) is 110 cm³/mol. The van der Waals surface area contributed by atoms with E-state index in [0.29, 0.717) is 11.3 Å². The van der Waals surface area contributed by atoms with Crippen LogP contribution in [0.25, 0.3) is 0 Å². The second-order valence-corrected chi connectivity index (χ2v) is 8.48. The monoisotopic (exact) mass is 398 g/mol. The van der Waals surface area contributed by atoms with Gasteiger partial charge in [-0.2, -0.15) is 0 Å². The molecule has 0 aromatic heterocycles. The SMILES string of the molecule is CC(C)(C)C(COc1ccccc1F)NC(=O)c1cccc(NC(=O)C2CC2)c1. The van der Waals surface area contributed by atoms with Crippen molar-refractivity contribution in [2.24, 2.45) is 11.3 Å². The standard InChI is InChI=1S/C23H27FN2O3/c1-23(2,3)20(14-29-19-10-5-4-9-18(19)24)26-22(28)16-7-6-8-17(13-16)25-21(27)15-11-12-15/h4-10,13,15,20H,11-12,14H2,1-3H3,(H,25,27)(H,26,28). The Morgan fingerprint density at radius 3 is 2.52 bits per heavy atom. The van der Waals surface area contributed by atoms with Gasteiger partial charge in [0.2, 0.25) is 5.91 Å². The van der Waals surface area contributed by atoms with Gasteiger partial charge >= 0.3 is 0 Å². The molecular formula is C23H27FN2O3. The highest BCUT2D eigenvalue weighted by Crippen LogP contribution is 2.30. The summed E-state index contributed by atoms with van der Waals surface area (Å²) in [6, 6.07) is 12.7. The van der Waals surface area contributed by atoms with Gasteiger partial charge in [0.1, 0.15) is 6.61 Å². The molecule has 1 unspecified atom stereocenters. The summed E-state index contributed by atoms with van der Waals surface area (Å²) in [6.45, 7) is 6.08. The average molecular weight is 398 g/mol. The number of benzene rings is 2. The Morgan fingerprint density at radius 2 is 1.86 bits per heavy atom. The number of hydrogen-bond acceptors (Lipinski definition) is 3. The Labute approximate surface area is 170 Å². The number of anilines is 1. The van der Waals surface area contributed by atoms with Crippen molar-refractivity contribution in [1.82, 2.24) is 5.32 Å². The fraction of sp³-hybridized carbons (Fsp3) is 0.391. The van der Waals surface area contributed by atoms with Gasteiger partial charge in [-0.25, -0.2) is 4.39 Å². The maximum Gasteiger partial charge on any atom is 0.251 e. The highest BCUT2D eigenvalue weighted by Gasteiger charge is 2.30. The van der Waals surface area contributed by atoms with E-state index in [1.807, 2.05) is 20.8 Å². The fourth-order valence-electron chi connectivity index (χ4n) is 2.81. The van der Waals surface area contributed by atoms with Crippen LogP contribution in [0.5, 0.6) is 5.75 Å². The van der Waals surface area contributed by atoms with Crippen LogP contribution in [0.3, 0.4) is 0 Å². The summed E-state index contributed by atoms with van der Waals surface area (Å²) in [5, 5.41) is 5.83. The molecule has 29 heavy (non-hydrogen) atoms. The van der Waals surface area contributed by atoms with Gasteiger partial charge in [0.25, 0.3) is 5.91 Å². The number of rotatable bonds is 7. The summed E-state index contributed by atoms with van der Waals surface area (Å²) in [4.78, 5) is 24.8. The maximum absolute atomic E-state index is 13.8. The molecule has 0 saturated heterocycles. The van der Waals surface area contributed by atoms with Crippen LogP contribution >= 0.6 is 0 Å². The molecule has 3 rings (SSSR count). The van der Waals surface area contributed by atoms with E-state index in [4.69, 9.17) is 4.74 Å². The Bertz CT molecular complexity index is 888. The first-order chi connectivity index (χ1) is 13.7. The van der Waals surface area contributed by atoms with Crippen LogP contribution in [-0.4, -0.2) is 24.5 Å². The molecule has 1 aliphatic rings. The molecule has 0 heterocycles. The smallest absolute Gasteiger partial charge is 0.251 e. The topological polar surface area (TPSA) is 67.4 Å². The van der Waals surface area contributed by atoms with E-state index in [-0.39, 0.29) is 41.5 Å². The van der Waals surface area contributed by atoms with Crippen molar-refractivity contribution in [2.75, 3.05) is 11.9 Å². The second kappa shape index (κ2) is 8.64. The van der Waals surface area contributed by atoms with Gasteiger partial charge in [-0.15, -0.1) is 0 Å². The molecule has 2 N–H and O–H groups in total. The highest BCUT2D eigenvalue weighted by atomic mass is 19.1. The van der Waals surface area contributed by atoms with Crippen LogP contribution in [-0.2, 0) is 4.79 Å². The summed E-state index contributed by atoms with van der Waals surface area (Å²) in [5.74, 6) is -0.474. The van der Waals surface area contributed by atoms with E-state index in [0.717, 1.165) is 12.8 Å². The van der Waals surface area contributed by atoms with Gasteiger partial charge in [-0.1, -0.05) is 39.0 Å². The number of halogens is 1. The third-order valence-corrected chi connectivity index (χ3v) is 4.93. The minimum atomic E-state index is -0.439. The van der Waals surface area contributed by atoms with Crippen molar-refractivity contribution in [3.05, 3.63) is 59.9 Å². The van der Waals surface area contributed by atoms with E-state index >= 15 is 0 Å². The van der Waals surface area contributed by atoms with Gasteiger partial charge in [-0.3, -0.25) is 9.59 Å². The van der Waals surface area contributed by atoms with Crippen molar-refractivity contribution in [3.63, 3.8) is 0 Å². The number of carbonyl (C=O) groups excluding carboxylic acids is 2. The summed E-state index contributed by atoms with van der Waals surface area (Å²) in [6.07, 6.45) is 1.84. The van der Waals surface area contributed by atoms with Crippen LogP contribution in [0.1, 0.15) is 44.0 Å². The van der Waals surface area contributed by atoms with E-state index in [2.05, 4.69) is 10.6 Å². The van der Waals surface area contributed by atoms with Crippen molar-refractivity contribution < 1.29 is 18.7 Å². The van der Waals surface area contributed by atoms with Crippen LogP contribution in [0.15, 0.2) is 48.5 Å². The van der Waals surface area contributed by atoms with E-state index in [1.54, 1.807) is 42.5 Å². The fourth-order valence-corrected chi connectivity index (χ4v) is 2.81. The first kappa shape index (κ1) is 20.8. The summed E-state index contributed by atoms with van der Waals surface area (Å²) in [7, 11) is 0. The summed E-state index contributed by atoms with van der Waals surface area (Å²) >= 11 is 0. The molecule has 1 fully saturated rings. The number of ether oxygens (including phenoxy) is 1. The third kappa shape index (κ3) is 5.79. The lowest BCUT2D eigenvalue weighted by Gasteiger charge is -2.31. The maximum atomic E-state index is 13.8. The van der Waals surface area contributed by atoms with E-state index in [1.165, 1.54) is 6.07 Å². The van der Waals surface area contributed by atoms with Gasteiger partial charge in [-0.05, 0) is 48.6 Å². The first-order valence-electron chi connectivity index (χ1n) is 9.83. The van der Waals surface area contributed by atoms with Crippen LogP contribution < -0.4 is 15.4 Å². The molecule has 1 aliphatic carbocycles. The molecular weight excluding hydrogens is 371 g/mol. The number of carbonyl (C=O) groups is 2.